The highest BCUT2D eigenvalue weighted by Crippen LogP contribution is 2.29. The predicted octanol–water partition coefficient (Wildman–Crippen LogP) is 0.206. The second-order valence-electron chi connectivity index (χ2n) is 2.55. The maximum Gasteiger partial charge on any atom is 0.482 e. The van der Waals surface area contributed by atoms with Gasteiger partial charge in [0.1, 0.15) is 0 Å². The largest absolute Gasteiger partial charge is 0.482 e. The Morgan fingerprint density at radius 1 is 1.12 bits per heavy atom. The zero-order chi connectivity index (χ0) is 12.8. The Balaban J connectivity index is 0.000000228. The van der Waals surface area contributed by atoms with E-state index in [-0.39, 0.29) is 7.69 Å². The molecule has 0 spiro atoms. The first kappa shape index (κ1) is 14.5. The first-order valence-corrected chi connectivity index (χ1v) is 3.90. The van der Waals surface area contributed by atoms with Crippen molar-refractivity contribution in [2.75, 3.05) is 0 Å². The average molecular weight is 234 g/mol. The molecule has 87 valence electrons. The van der Waals surface area contributed by atoms with Crippen LogP contribution in [0.4, 0.5) is 13.2 Å². The van der Waals surface area contributed by atoms with Gasteiger partial charge in [0.05, 0.1) is 0 Å². The van der Waals surface area contributed by atoms with E-state index in [0.29, 0.717) is 0 Å². The number of hydrogen-bond acceptors (Lipinski definition) is 3. The summed E-state index contributed by atoms with van der Waals surface area (Å²) in [6, 6.07) is 8.48. The minimum absolute atomic E-state index is 0. The lowest BCUT2D eigenvalue weighted by Gasteiger charge is -2.10. The molecule has 0 aromatic rings. The van der Waals surface area contributed by atoms with Crippen molar-refractivity contribution in [3.63, 3.8) is 0 Å². The molecule has 0 fully saturated rings. The second kappa shape index (κ2) is 6.14. The van der Waals surface area contributed by atoms with Crippen LogP contribution in [0.1, 0.15) is 0 Å². The highest BCUT2D eigenvalue weighted by molar-refractivity contribution is 6.13. The number of alkyl halides is 3. The van der Waals surface area contributed by atoms with E-state index >= 15 is 0 Å². The smallest absolute Gasteiger partial charge is 0.429 e. The van der Waals surface area contributed by atoms with Gasteiger partial charge in [-0.2, -0.15) is 13.2 Å². The molecule has 4 N–H and O–H groups in total. The minimum atomic E-state index is -4.86. The van der Waals surface area contributed by atoms with Gasteiger partial charge in [-0.15, -0.1) is 0 Å². The Morgan fingerprint density at radius 3 is 1.31 bits per heavy atom. The summed E-state index contributed by atoms with van der Waals surface area (Å²) in [6.07, 6.45) is -4.86. The number of nitrogens with two attached hydrogens (primary N) is 1. The van der Waals surface area contributed by atoms with Gasteiger partial charge in [-0.3, -0.25) is 4.79 Å². The van der Waals surface area contributed by atoms with Crippen molar-refractivity contribution in [1.29, 1.82) is 0 Å². The number of carbonyl (C=O) groups excluding carboxylic acids is 1. The molecule has 2 aliphatic rings. The number of rotatable bonds is 0. The number of halogens is 3. The fourth-order valence-electron chi connectivity index (χ4n) is 0.663. The van der Waals surface area contributed by atoms with Crippen LogP contribution < -0.4 is 5.73 Å². The monoisotopic (exact) mass is 234 g/mol. The second-order valence-corrected chi connectivity index (χ2v) is 2.55. The van der Waals surface area contributed by atoms with Crippen molar-refractivity contribution >= 4 is 13.6 Å². The van der Waals surface area contributed by atoms with Gasteiger partial charge >= 0.3 is 19.8 Å². The summed E-state index contributed by atoms with van der Waals surface area (Å²) in [4.78, 5) is 9.12. The molecular weight excluding hydrogens is 226 g/mol. The van der Waals surface area contributed by atoms with Crippen molar-refractivity contribution in [3.8, 4) is 11.1 Å². The number of carbonyl (C=O) groups is 1. The molecule has 0 aromatic heterocycles. The van der Waals surface area contributed by atoms with Crippen molar-refractivity contribution in [2.45, 2.75) is 6.18 Å². The molecule has 0 unspecified atom stereocenters. The summed E-state index contributed by atoms with van der Waals surface area (Å²) in [6.45, 7) is 0. The highest BCUT2D eigenvalue weighted by Gasteiger charge is 2.35. The molecule has 1 radical (unpaired) electrons. The van der Waals surface area contributed by atoms with Crippen molar-refractivity contribution in [1.82, 2.24) is 0 Å². The number of amides is 1. The van der Waals surface area contributed by atoms with Gasteiger partial charge in [-0.25, -0.2) is 0 Å². The van der Waals surface area contributed by atoms with Crippen molar-refractivity contribution < 1.29 is 28.0 Å². The molecule has 0 heterocycles. The number of primary amides is 1. The Morgan fingerprint density at radius 2 is 1.31 bits per heavy atom. The standard InChI is InChI=1S/C6H4.C2H2F3NO.BH2O2/c1-2-6-4-3-5(1)6;3-2(4,5)1(6)7;2-1-3/h1-4H;(H2,6,7);2-3H. The first-order chi connectivity index (χ1) is 7.32. The number of fused-ring (bicyclic) bond motifs is 1. The summed E-state index contributed by atoms with van der Waals surface area (Å²) >= 11 is 0. The molecule has 0 saturated heterocycles. The number of hydrogen-bond donors (Lipinski definition) is 3. The molecule has 0 aliphatic heterocycles. The summed E-state index contributed by atoms with van der Waals surface area (Å²) in [7, 11) is 0. The van der Waals surface area contributed by atoms with Gasteiger partial charge in [-0.05, 0) is 11.1 Å². The Bertz CT molecular complexity index is 318. The predicted molar refractivity (Wildman–Crippen MR) is 50.9 cm³/mol. The first-order valence-electron chi connectivity index (χ1n) is 3.90. The van der Waals surface area contributed by atoms with E-state index in [1.165, 1.54) is 11.1 Å². The normalized spacial score (nSPS) is 10.1. The molecule has 2 rings (SSSR count). The van der Waals surface area contributed by atoms with Gasteiger partial charge in [0.25, 0.3) is 0 Å². The molecule has 2 aliphatic carbocycles. The van der Waals surface area contributed by atoms with E-state index in [2.05, 4.69) is 30.0 Å². The van der Waals surface area contributed by atoms with E-state index < -0.39 is 12.1 Å². The fraction of sp³-hybridized carbons (Fsp3) is 0.125. The van der Waals surface area contributed by atoms with Crippen LogP contribution in [0.3, 0.4) is 0 Å². The van der Waals surface area contributed by atoms with Gasteiger partial charge in [0.2, 0.25) is 0 Å². The maximum absolute atomic E-state index is 10.7. The lowest BCUT2D eigenvalue weighted by molar-refractivity contribution is -0.169. The lowest BCUT2D eigenvalue weighted by Crippen LogP contribution is -2.30. The molecule has 8 heteroatoms. The highest BCUT2D eigenvalue weighted by atomic mass is 19.4. The van der Waals surface area contributed by atoms with E-state index in [1.54, 1.807) is 0 Å². The average Bonchev–Trinajstić information content (AvgIpc) is 2.12. The van der Waals surface area contributed by atoms with Crippen LogP contribution in [0.2, 0.25) is 0 Å². The van der Waals surface area contributed by atoms with Crippen molar-refractivity contribution in [3.05, 3.63) is 24.3 Å². The van der Waals surface area contributed by atoms with Crippen LogP contribution in [0.5, 0.6) is 0 Å². The fourth-order valence-corrected chi connectivity index (χ4v) is 0.663. The Kier molecular flexibility index (Phi) is 5.55. The maximum atomic E-state index is 10.7. The third-order valence-corrected chi connectivity index (χ3v) is 1.50. The third-order valence-electron chi connectivity index (χ3n) is 1.50. The molecule has 1 amide bonds. The van der Waals surface area contributed by atoms with Gasteiger partial charge in [-0.1, -0.05) is 24.3 Å². The van der Waals surface area contributed by atoms with Crippen LogP contribution in [0.15, 0.2) is 24.3 Å². The summed E-state index contributed by atoms with van der Waals surface area (Å²) in [5, 5.41) is 14.0. The molecule has 4 nitrogen and oxygen atoms in total. The molecule has 16 heavy (non-hydrogen) atoms. The van der Waals surface area contributed by atoms with Gasteiger partial charge in [0, 0.05) is 0 Å². The molecule has 0 bridgehead atoms. The van der Waals surface area contributed by atoms with Gasteiger partial charge < -0.3 is 15.8 Å². The zero-order valence-corrected chi connectivity index (χ0v) is 7.90. The molecule has 0 saturated carbocycles. The Hall–Kier alpha value is -1.54. The molecule has 0 atom stereocenters. The van der Waals surface area contributed by atoms with Crippen LogP contribution >= 0.6 is 0 Å². The summed E-state index contributed by atoms with van der Waals surface area (Å²) in [5.41, 5.74) is 6.66. The van der Waals surface area contributed by atoms with Crippen molar-refractivity contribution in [2.24, 2.45) is 5.73 Å². The number of benzene rings is 1. The van der Waals surface area contributed by atoms with E-state index in [0.717, 1.165) is 0 Å². The minimum Gasteiger partial charge on any atom is -0.429 e. The van der Waals surface area contributed by atoms with Crippen LogP contribution in [-0.2, 0) is 4.79 Å². The lowest BCUT2D eigenvalue weighted by atomic mass is 9.95. The summed E-state index contributed by atoms with van der Waals surface area (Å²) in [5.74, 6) is -2.26. The van der Waals surface area contributed by atoms with E-state index in [9.17, 15) is 13.2 Å². The van der Waals surface area contributed by atoms with E-state index in [1.807, 2.05) is 0 Å². The SMILES string of the molecule is NC(=O)C(F)(F)F.O[B]O.c1cc2ccc1-2. The van der Waals surface area contributed by atoms with Crippen LogP contribution in [0.25, 0.3) is 11.1 Å². The Labute approximate surface area is 89.8 Å². The molecule has 0 aromatic carbocycles. The molecular formula is C8H8BF3NO3. The summed E-state index contributed by atoms with van der Waals surface area (Å²) < 4.78 is 32.1. The van der Waals surface area contributed by atoms with Gasteiger partial charge in [0.15, 0.2) is 0 Å². The third kappa shape index (κ3) is 4.81. The van der Waals surface area contributed by atoms with Crippen LogP contribution in [0, 0.1) is 0 Å². The van der Waals surface area contributed by atoms with E-state index in [4.69, 9.17) is 14.8 Å². The quantitative estimate of drug-likeness (QED) is 0.569. The van der Waals surface area contributed by atoms with Crippen LogP contribution in [-0.4, -0.2) is 29.8 Å². The zero-order valence-electron chi connectivity index (χ0n) is 7.90. The topological polar surface area (TPSA) is 83.6 Å².